The molecule has 0 saturated heterocycles. The van der Waals surface area contributed by atoms with Gasteiger partial charge in [0.1, 0.15) is 5.82 Å². The molecule has 0 aliphatic heterocycles. The van der Waals surface area contributed by atoms with Crippen LogP contribution < -0.4 is 11.1 Å². The van der Waals surface area contributed by atoms with Crippen LogP contribution in [-0.4, -0.2) is 11.5 Å². The van der Waals surface area contributed by atoms with Crippen molar-refractivity contribution in [3.63, 3.8) is 0 Å². The van der Waals surface area contributed by atoms with Crippen molar-refractivity contribution in [1.82, 2.24) is 4.98 Å². The van der Waals surface area contributed by atoms with Crippen LogP contribution in [-0.2, 0) is 6.42 Å². The van der Waals surface area contributed by atoms with Crippen molar-refractivity contribution in [2.75, 3.05) is 17.6 Å². The van der Waals surface area contributed by atoms with Gasteiger partial charge in [0.05, 0.1) is 11.9 Å². The molecule has 1 aromatic carbocycles. The number of hydrogen-bond donors (Lipinski definition) is 2. The van der Waals surface area contributed by atoms with Gasteiger partial charge < -0.3 is 11.1 Å². The molecule has 1 heterocycles. The maximum Gasteiger partial charge on any atom is 0.126 e. The number of nitrogen functional groups attached to an aromatic ring is 1. The van der Waals surface area contributed by atoms with Gasteiger partial charge in [0, 0.05) is 11.6 Å². The molecule has 1 aromatic heterocycles. The van der Waals surface area contributed by atoms with Crippen LogP contribution in [0.1, 0.15) is 11.1 Å². The summed E-state index contributed by atoms with van der Waals surface area (Å²) in [6.45, 7) is 2.80. The number of nitrogens with one attached hydrogen (secondary N) is 1. The summed E-state index contributed by atoms with van der Waals surface area (Å²) in [4.78, 5) is 4.23. The number of anilines is 2. The van der Waals surface area contributed by atoms with Crippen LogP contribution in [0.4, 0.5) is 11.5 Å². The van der Waals surface area contributed by atoms with Crippen LogP contribution in [0.5, 0.6) is 0 Å². The number of halogens is 1. The number of nitrogens with two attached hydrogens (primary N) is 1. The minimum atomic E-state index is 0.721. The first kappa shape index (κ1) is 12.7. The minimum Gasteiger partial charge on any atom is -0.397 e. The molecule has 0 saturated carbocycles. The first-order valence-electron chi connectivity index (χ1n) is 5.85. The van der Waals surface area contributed by atoms with Gasteiger partial charge in [-0.15, -0.1) is 0 Å². The Hall–Kier alpha value is -1.74. The number of nitrogens with zero attached hydrogens (tertiary/aromatic N) is 1. The van der Waals surface area contributed by atoms with E-state index < -0.39 is 0 Å². The molecule has 0 spiro atoms. The van der Waals surface area contributed by atoms with Crippen LogP contribution in [0.3, 0.4) is 0 Å². The molecule has 2 rings (SSSR count). The normalized spacial score (nSPS) is 10.3. The smallest absolute Gasteiger partial charge is 0.126 e. The van der Waals surface area contributed by atoms with E-state index in [1.807, 2.05) is 37.3 Å². The molecule has 2 aromatic rings. The molecule has 0 unspecified atom stereocenters. The molecular formula is C14H16ClN3. The Morgan fingerprint density at radius 1 is 1.28 bits per heavy atom. The second-order valence-corrected chi connectivity index (χ2v) is 4.67. The number of benzene rings is 1. The summed E-state index contributed by atoms with van der Waals surface area (Å²) < 4.78 is 0. The molecule has 3 N–H and O–H groups in total. The summed E-state index contributed by atoms with van der Waals surface area (Å²) >= 11 is 5.84. The molecule has 3 nitrogen and oxygen atoms in total. The highest BCUT2D eigenvalue weighted by atomic mass is 35.5. The Bertz CT molecular complexity index is 523. The minimum absolute atomic E-state index is 0.721. The number of aromatic nitrogens is 1. The van der Waals surface area contributed by atoms with E-state index in [-0.39, 0.29) is 0 Å². The fourth-order valence-electron chi connectivity index (χ4n) is 1.65. The van der Waals surface area contributed by atoms with Crippen molar-refractivity contribution in [2.24, 2.45) is 0 Å². The second kappa shape index (κ2) is 5.74. The van der Waals surface area contributed by atoms with Gasteiger partial charge in [-0.25, -0.2) is 4.98 Å². The molecule has 18 heavy (non-hydrogen) atoms. The third kappa shape index (κ3) is 3.37. The summed E-state index contributed by atoms with van der Waals surface area (Å²) in [6, 6.07) is 9.83. The van der Waals surface area contributed by atoms with Crippen molar-refractivity contribution in [3.05, 3.63) is 52.7 Å². The Morgan fingerprint density at radius 3 is 2.67 bits per heavy atom. The van der Waals surface area contributed by atoms with E-state index in [1.54, 1.807) is 6.20 Å². The van der Waals surface area contributed by atoms with Crippen LogP contribution in [0.25, 0.3) is 0 Å². The van der Waals surface area contributed by atoms with E-state index in [4.69, 9.17) is 17.3 Å². The molecular weight excluding hydrogens is 246 g/mol. The molecule has 0 aliphatic rings. The second-order valence-electron chi connectivity index (χ2n) is 4.23. The number of hydrogen-bond acceptors (Lipinski definition) is 3. The first-order chi connectivity index (χ1) is 8.65. The zero-order chi connectivity index (χ0) is 13.0. The van der Waals surface area contributed by atoms with Crippen LogP contribution in [0.2, 0.25) is 5.02 Å². The highest BCUT2D eigenvalue weighted by Gasteiger charge is 1.98. The van der Waals surface area contributed by atoms with Gasteiger partial charge in [0.25, 0.3) is 0 Å². The number of aryl methyl sites for hydroxylation is 1. The van der Waals surface area contributed by atoms with Crippen molar-refractivity contribution in [3.8, 4) is 0 Å². The quantitative estimate of drug-likeness (QED) is 0.888. The Balaban J connectivity index is 1.88. The number of rotatable bonds is 4. The van der Waals surface area contributed by atoms with Crippen LogP contribution >= 0.6 is 11.6 Å². The van der Waals surface area contributed by atoms with Gasteiger partial charge in [0.15, 0.2) is 0 Å². The van der Waals surface area contributed by atoms with E-state index >= 15 is 0 Å². The Kier molecular flexibility index (Phi) is 4.05. The zero-order valence-electron chi connectivity index (χ0n) is 10.3. The predicted octanol–water partition coefficient (Wildman–Crippen LogP) is 3.28. The maximum absolute atomic E-state index is 5.84. The highest BCUT2D eigenvalue weighted by Crippen LogP contribution is 2.13. The maximum atomic E-state index is 5.84. The lowest BCUT2D eigenvalue weighted by Crippen LogP contribution is -2.07. The average Bonchev–Trinajstić information content (AvgIpc) is 2.36. The Labute approximate surface area is 112 Å². The van der Waals surface area contributed by atoms with Crippen molar-refractivity contribution < 1.29 is 0 Å². The van der Waals surface area contributed by atoms with Crippen molar-refractivity contribution in [2.45, 2.75) is 13.3 Å². The molecule has 94 valence electrons. The van der Waals surface area contributed by atoms with Crippen molar-refractivity contribution in [1.29, 1.82) is 0 Å². The number of pyridine rings is 1. The molecule has 4 heteroatoms. The van der Waals surface area contributed by atoms with E-state index in [2.05, 4.69) is 10.3 Å². The van der Waals surface area contributed by atoms with Crippen molar-refractivity contribution >= 4 is 23.1 Å². The van der Waals surface area contributed by atoms with E-state index in [9.17, 15) is 0 Å². The van der Waals surface area contributed by atoms with E-state index in [0.29, 0.717) is 0 Å². The first-order valence-corrected chi connectivity index (χ1v) is 6.23. The fraction of sp³-hybridized carbons (Fsp3) is 0.214. The topological polar surface area (TPSA) is 50.9 Å². The fourth-order valence-corrected chi connectivity index (χ4v) is 1.78. The van der Waals surface area contributed by atoms with Gasteiger partial charge in [0.2, 0.25) is 0 Å². The van der Waals surface area contributed by atoms with Gasteiger partial charge in [-0.2, -0.15) is 0 Å². The summed E-state index contributed by atoms with van der Waals surface area (Å²) in [5, 5.41) is 4.04. The molecule has 0 radical (unpaired) electrons. The third-order valence-corrected chi connectivity index (χ3v) is 3.04. The molecule has 0 atom stereocenters. The summed E-state index contributed by atoms with van der Waals surface area (Å²) in [6.07, 6.45) is 2.61. The van der Waals surface area contributed by atoms with Gasteiger partial charge in [-0.05, 0) is 42.7 Å². The lowest BCUT2D eigenvalue weighted by atomic mass is 10.1. The highest BCUT2D eigenvalue weighted by molar-refractivity contribution is 6.30. The van der Waals surface area contributed by atoms with Crippen LogP contribution in [0.15, 0.2) is 36.5 Å². The molecule has 0 amide bonds. The van der Waals surface area contributed by atoms with Crippen LogP contribution in [0, 0.1) is 6.92 Å². The van der Waals surface area contributed by atoms with E-state index in [1.165, 1.54) is 5.56 Å². The predicted molar refractivity (Wildman–Crippen MR) is 77.0 cm³/mol. The molecule has 0 fully saturated rings. The largest absolute Gasteiger partial charge is 0.397 e. The van der Waals surface area contributed by atoms with Gasteiger partial charge in [-0.3, -0.25) is 0 Å². The lowest BCUT2D eigenvalue weighted by molar-refractivity contribution is 1.01. The van der Waals surface area contributed by atoms with Gasteiger partial charge >= 0.3 is 0 Å². The molecule has 0 bridgehead atoms. The Morgan fingerprint density at radius 2 is 2.00 bits per heavy atom. The SMILES string of the molecule is Cc1cc(NCCc2ccc(Cl)cc2)ncc1N. The monoisotopic (exact) mass is 261 g/mol. The summed E-state index contributed by atoms with van der Waals surface area (Å²) in [7, 11) is 0. The standard InChI is InChI=1S/C14H16ClN3/c1-10-8-14(18-9-13(10)16)17-7-6-11-2-4-12(15)5-3-11/h2-5,8-9H,6-7,16H2,1H3,(H,17,18). The van der Waals surface area contributed by atoms with E-state index in [0.717, 1.165) is 35.1 Å². The summed E-state index contributed by atoms with van der Waals surface area (Å²) in [5.74, 6) is 0.857. The zero-order valence-corrected chi connectivity index (χ0v) is 11.0. The lowest BCUT2D eigenvalue weighted by Gasteiger charge is -2.07. The van der Waals surface area contributed by atoms with Gasteiger partial charge in [-0.1, -0.05) is 23.7 Å². The average molecular weight is 262 g/mol. The summed E-state index contributed by atoms with van der Waals surface area (Å²) in [5.41, 5.74) is 8.73. The third-order valence-electron chi connectivity index (χ3n) is 2.78. The molecule has 0 aliphatic carbocycles.